The zero-order valence-corrected chi connectivity index (χ0v) is 19.4. The Kier molecular flexibility index (Phi) is 7.95. The Morgan fingerprint density at radius 1 is 1.19 bits per heavy atom. The summed E-state index contributed by atoms with van der Waals surface area (Å²) in [7, 11) is 3.13. The van der Waals surface area contributed by atoms with Crippen molar-refractivity contribution in [2.24, 2.45) is 0 Å². The maximum absolute atomic E-state index is 12.8. The molecule has 0 atom stereocenters. The molecular weight excluding hydrogens is 456 g/mol. The summed E-state index contributed by atoms with van der Waals surface area (Å²) in [6, 6.07) is 12.5. The number of hydrogen-bond donors (Lipinski definition) is 1. The molecule has 1 N–H and O–H groups in total. The lowest BCUT2D eigenvalue weighted by atomic mass is 10.2. The van der Waals surface area contributed by atoms with Crippen molar-refractivity contribution >= 4 is 63.5 Å². The lowest BCUT2D eigenvalue weighted by molar-refractivity contribution is -0.122. The molecule has 1 heterocycles. The van der Waals surface area contributed by atoms with E-state index in [0.717, 1.165) is 5.56 Å². The van der Waals surface area contributed by atoms with E-state index < -0.39 is 0 Å². The Hall–Kier alpha value is -2.55. The van der Waals surface area contributed by atoms with Gasteiger partial charge < -0.3 is 14.8 Å². The van der Waals surface area contributed by atoms with Crippen LogP contribution in [0.15, 0.2) is 47.4 Å². The van der Waals surface area contributed by atoms with Crippen molar-refractivity contribution in [3.05, 3.63) is 58.0 Å². The fourth-order valence-electron chi connectivity index (χ4n) is 2.96. The molecule has 0 radical (unpaired) electrons. The molecule has 0 aliphatic carbocycles. The molecule has 31 heavy (non-hydrogen) atoms. The van der Waals surface area contributed by atoms with Crippen LogP contribution in [0.1, 0.15) is 18.4 Å². The number of ether oxygens (including phenoxy) is 2. The number of benzene rings is 2. The van der Waals surface area contributed by atoms with Gasteiger partial charge in [0.15, 0.2) is 11.5 Å². The van der Waals surface area contributed by atoms with Gasteiger partial charge in [0.25, 0.3) is 5.91 Å². The second-order valence-electron chi connectivity index (χ2n) is 6.58. The third-order valence-electron chi connectivity index (χ3n) is 4.51. The number of nitrogens with one attached hydrogen (secondary N) is 1. The lowest BCUT2D eigenvalue weighted by Gasteiger charge is -2.14. The van der Waals surface area contributed by atoms with Crippen LogP contribution in [0.2, 0.25) is 5.02 Å². The highest BCUT2D eigenvalue weighted by Crippen LogP contribution is 2.34. The van der Waals surface area contributed by atoms with Crippen LogP contribution in [0.5, 0.6) is 11.5 Å². The highest BCUT2D eigenvalue weighted by molar-refractivity contribution is 8.26. The third kappa shape index (κ3) is 5.78. The van der Waals surface area contributed by atoms with Crippen molar-refractivity contribution in [1.82, 2.24) is 4.90 Å². The molecule has 6 nitrogen and oxygen atoms in total. The monoisotopic (exact) mass is 476 g/mol. The predicted molar refractivity (Wildman–Crippen MR) is 129 cm³/mol. The maximum atomic E-state index is 12.8. The highest BCUT2D eigenvalue weighted by atomic mass is 35.5. The Morgan fingerprint density at radius 2 is 1.94 bits per heavy atom. The molecular formula is C22H21ClN2O4S2. The first-order chi connectivity index (χ1) is 14.9. The van der Waals surface area contributed by atoms with Crippen molar-refractivity contribution in [3.8, 4) is 11.5 Å². The second-order valence-corrected chi connectivity index (χ2v) is 8.66. The van der Waals surface area contributed by atoms with Gasteiger partial charge in [-0.1, -0.05) is 53.8 Å². The minimum atomic E-state index is -0.170. The van der Waals surface area contributed by atoms with Crippen molar-refractivity contribution in [2.45, 2.75) is 12.8 Å². The number of carbonyl (C=O) groups is 2. The van der Waals surface area contributed by atoms with E-state index in [-0.39, 0.29) is 18.2 Å². The Balaban J connectivity index is 1.58. The number of thioether (sulfide) groups is 1. The van der Waals surface area contributed by atoms with Gasteiger partial charge in [0, 0.05) is 13.0 Å². The number of anilines is 1. The van der Waals surface area contributed by atoms with Gasteiger partial charge in [-0.2, -0.15) is 0 Å². The van der Waals surface area contributed by atoms with Crippen LogP contribution in [0.4, 0.5) is 5.69 Å². The standard InChI is InChI=1S/C22H21ClN2O4S2/c1-28-17-10-9-14(12-18(17)29-2)13-19-21(27)25(22(30)31-19)11-5-8-20(26)24-16-7-4-3-6-15(16)23/h3-4,6-7,9-10,12-13H,5,8,11H2,1-2H3,(H,24,26)/b19-13+. The first kappa shape index (κ1) is 23.1. The summed E-state index contributed by atoms with van der Waals surface area (Å²) in [5, 5.41) is 3.25. The molecule has 1 aliphatic heterocycles. The van der Waals surface area contributed by atoms with Gasteiger partial charge in [0.1, 0.15) is 4.32 Å². The van der Waals surface area contributed by atoms with Crippen LogP contribution in [0.3, 0.4) is 0 Å². The van der Waals surface area contributed by atoms with E-state index in [0.29, 0.717) is 44.4 Å². The van der Waals surface area contributed by atoms with Gasteiger partial charge in [0.05, 0.1) is 29.8 Å². The Bertz CT molecular complexity index is 1040. The molecule has 0 unspecified atom stereocenters. The van der Waals surface area contributed by atoms with E-state index >= 15 is 0 Å². The Morgan fingerprint density at radius 3 is 2.65 bits per heavy atom. The van der Waals surface area contributed by atoms with E-state index in [2.05, 4.69) is 5.32 Å². The number of carbonyl (C=O) groups excluding carboxylic acids is 2. The summed E-state index contributed by atoms with van der Waals surface area (Å²) in [6.45, 7) is 0.365. The summed E-state index contributed by atoms with van der Waals surface area (Å²) in [5.41, 5.74) is 1.37. The first-order valence-electron chi connectivity index (χ1n) is 9.44. The van der Waals surface area contributed by atoms with E-state index in [1.54, 1.807) is 56.7 Å². The average Bonchev–Trinajstić information content (AvgIpc) is 3.02. The fourth-order valence-corrected chi connectivity index (χ4v) is 4.45. The summed E-state index contributed by atoms with van der Waals surface area (Å²) >= 11 is 12.7. The SMILES string of the molecule is COc1ccc(/C=C2/SC(=S)N(CCCC(=O)Nc3ccccc3Cl)C2=O)cc1OC. The van der Waals surface area contributed by atoms with Crippen molar-refractivity contribution in [2.75, 3.05) is 26.1 Å². The third-order valence-corrected chi connectivity index (χ3v) is 6.22. The van der Waals surface area contributed by atoms with Crippen LogP contribution < -0.4 is 14.8 Å². The molecule has 1 fully saturated rings. The molecule has 2 aromatic carbocycles. The van der Waals surface area contributed by atoms with Gasteiger partial charge in [0.2, 0.25) is 5.91 Å². The van der Waals surface area contributed by atoms with Gasteiger partial charge in [-0.3, -0.25) is 14.5 Å². The van der Waals surface area contributed by atoms with Gasteiger partial charge in [-0.15, -0.1) is 0 Å². The molecule has 2 amide bonds. The number of thiocarbonyl (C=S) groups is 1. The van der Waals surface area contributed by atoms with Crippen molar-refractivity contribution < 1.29 is 19.1 Å². The summed E-state index contributed by atoms with van der Waals surface area (Å²) in [4.78, 5) is 27.0. The average molecular weight is 477 g/mol. The number of methoxy groups -OCH3 is 2. The van der Waals surface area contributed by atoms with Gasteiger partial charge in [-0.25, -0.2) is 0 Å². The predicted octanol–water partition coefficient (Wildman–Crippen LogP) is 4.98. The van der Waals surface area contributed by atoms with Crippen LogP contribution in [0.25, 0.3) is 6.08 Å². The number of amides is 2. The van der Waals surface area contributed by atoms with E-state index in [4.69, 9.17) is 33.3 Å². The van der Waals surface area contributed by atoms with Crippen molar-refractivity contribution in [1.29, 1.82) is 0 Å². The van der Waals surface area contributed by atoms with Crippen LogP contribution in [0, 0.1) is 0 Å². The first-order valence-corrected chi connectivity index (χ1v) is 11.0. The van der Waals surface area contributed by atoms with E-state index in [1.165, 1.54) is 16.7 Å². The second kappa shape index (κ2) is 10.7. The molecule has 3 rings (SSSR count). The zero-order chi connectivity index (χ0) is 22.4. The van der Waals surface area contributed by atoms with Gasteiger partial charge >= 0.3 is 0 Å². The number of halogens is 1. The largest absolute Gasteiger partial charge is 0.493 e. The molecule has 0 spiro atoms. The van der Waals surface area contributed by atoms with E-state index in [9.17, 15) is 9.59 Å². The number of para-hydroxylation sites is 1. The van der Waals surface area contributed by atoms with E-state index in [1.807, 2.05) is 6.07 Å². The van der Waals surface area contributed by atoms with Crippen LogP contribution in [-0.2, 0) is 9.59 Å². The summed E-state index contributed by atoms with van der Waals surface area (Å²) < 4.78 is 11.0. The summed E-state index contributed by atoms with van der Waals surface area (Å²) in [5.74, 6) is 0.856. The molecule has 2 aromatic rings. The number of nitrogens with zero attached hydrogens (tertiary/aromatic N) is 1. The van der Waals surface area contributed by atoms with Crippen LogP contribution in [-0.4, -0.2) is 41.8 Å². The Labute approximate surface area is 195 Å². The molecule has 0 aromatic heterocycles. The highest BCUT2D eigenvalue weighted by Gasteiger charge is 2.31. The molecule has 0 bridgehead atoms. The lowest BCUT2D eigenvalue weighted by Crippen LogP contribution is -2.29. The number of hydrogen-bond acceptors (Lipinski definition) is 6. The fraction of sp³-hybridized carbons (Fsp3) is 0.227. The molecule has 9 heteroatoms. The summed E-state index contributed by atoms with van der Waals surface area (Å²) in [6.07, 6.45) is 2.49. The molecule has 1 saturated heterocycles. The maximum Gasteiger partial charge on any atom is 0.266 e. The molecule has 162 valence electrons. The minimum Gasteiger partial charge on any atom is -0.493 e. The van der Waals surface area contributed by atoms with Crippen LogP contribution >= 0.6 is 35.6 Å². The zero-order valence-electron chi connectivity index (χ0n) is 17.0. The smallest absolute Gasteiger partial charge is 0.266 e. The van der Waals surface area contributed by atoms with Gasteiger partial charge in [-0.05, 0) is 42.3 Å². The normalized spacial score (nSPS) is 14.8. The molecule has 1 aliphatic rings. The topological polar surface area (TPSA) is 67.9 Å². The quantitative estimate of drug-likeness (QED) is 0.428. The minimum absolute atomic E-state index is 0.167. The van der Waals surface area contributed by atoms with Crippen molar-refractivity contribution in [3.63, 3.8) is 0 Å². The molecule has 0 saturated carbocycles. The number of rotatable bonds is 8.